The molecular formula is C42H26FN3. The quantitative estimate of drug-likeness (QED) is 0.193. The standard InChI is InChI=1S/C42H26FN3/c43-41-18-5-4-15-39(41)40-17-8-12-31-11-7-16-38(42(31)40)30-19-22-35(23-20-30)46(37-24-21-33(27-44)34(26-37)28-45)36-14-6-13-32(25-36)29-9-2-1-3-10-29/h1-26H. The Morgan fingerprint density at radius 1 is 0.435 bits per heavy atom. The van der Waals surface area contributed by atoms with Gasteiger partial charge in [-0.05, 0) is 87.1 Å². The van der Waals surface area contributed by atoms with Crippen LogP contribution in [0.25, 0.3) is 44.2 Å². The normalized spacial score (nSPS) is 10.7. The summed E-state index contributed by atoms with van der Waals surface area (Å²) in [4.78, 5) is 2.09. The van der Waals surface area contributed by atoms with E-state index in [2.05, 4.69) is 83.8 Å². The molecule has 0 aliphatic carbocycles. The van der Waals surface area contributed by atoms with E-state index in [1.165, 1.54) is 6.07 Å². The van der Waals surface area contributed by atoms with Gasteiger partial charge in [0.05, 0.1) is 11.1 Å². The molecule has 0 atom stereocenters. The van der Waals surface area contributed by atoms with E-state index >= 15 is 0 Å². The monoisotopic (exact) mass is 591 g/mol. The van der Waals surface area contributed by atoms with Crippen molar-refractivity contribution in [1.82, 2.24) is 0 Å². The molecule has 4 heteroatoms. The van der Waals surface area contributed by atoms with Gasteiger partial charge in [-0.25, -0.2) is 4.39 Å². The van der Waals surface area contributed by atoms with Crippen molar-refractivity contribution in [3.05, 3.63) is 175 Å². The van der Waals surface area contributed by atoms with Gasteiger partial charge in [-0.15, -0.1) is 0 Å². The lowest BCUT2D eigenvalue weighted by Gasteiger charge is -2.26. The van der Waals surface area contributed by atoms with Crippen LogP contribution in [0, 0.1) is 28.5 Å². The maximum atomic E-state index is 15.0. The Balaban J connectivity index is 1.37. The minimum atomic E-state index is -0.257. The number of rotatable bonds is 6. The van der Waals surface area contributed by atoms with Crippen molar-refractivity contribution >= 4 is 27.8 Å². The first-order chi connectivity index (χ1) is 22.6. The number of nitriles is 2. The highest BCUT2D eigenvalue weighted by Gasteiger charge is 2.17. The van der Waals surface area contributed by atoms with Crippen LogP contribution in [0.3, 0.4) is 0 Å². The van der Waals surface area contributed by atoms with Crippen molar-refractivity contribution < 1.29 is 4.39 Å². The van der Waals surface area contributed by atoms with E-state index in [0.29, 0.717) is 16.7 Å². The van der Waals surface area contributed by atoms with Gasteiger partial charge in [0.25, 0.3) is 0 Å². The van der Waals surface area contributed by atoms with Gasteiger partial charge >= 0.3 is 0 Å². The molecule has 0 bridgehead atoms. The second-order valence-electron chi connectivity index (χ2n) is 10.9. The van der Waals surface area contributed by atoms with Crippen molar-refractivity contribution in [2.24, 2.45) is 0 Å². The van der Waals surface area contributed by atoms with Crippen LogP contribution in [0.15, 0.2) is 158 Å². The Bertz CT molecular complexity index is 2290. The summed E-state index contributed by atoms with van der Waals surface area (Å²) < 4.78 is 15.0. The number of anilines is 3. The molecule has 0 aromatic heterocycles. The molecule has 7 aromatic rings. The fourth-order valence-corrected chi connectivity index (χ4v) is 6.04. The van der Waals surface area contributed by atoms with Gasteiger partial charge in [-0.3, -0.25) is 0 Å². The third kappa shape index (κ3) is 5.26. The van der Waals surface area contributed by atoms with E-state index in [1.807, 2.05) is 66.7 Å². The van der Waals surface area contributed by atoms with Crippen molar-refractivity contribution in [3.63, 3.8) is 0 Å². The zero-order chi connectivity index (χ0) is 31.5. The van der Waals surface area contributed by atoms with Crippen LogP contribution in [0.2, 0.25) is 0 Å². The number of fused-ring (bicyclic) bond motifs is 1. The number of hydrogen-bond acceptors (Lipinski definition) is 3. The molecule has 216 valence electrons. The third-order valence-electron chi connectivity index (χ3n) is 8.22. The van der Waals surface area contributed by atoms with Gasteiger partial charge in [0.1, 0.15) is 18.0 Å². The smallest absolute Gasteiger partial charge is 0.131 e. The molecule has 7 aromatic carbocycles. The summed E-state index contributed by atoms with van der Waals surface area (Å²) >= 11 is 0. The lowest BCUT2D eigenvalue weighted by atomic mass is 9.91. The average molecular weight is 592 g/mol. The van der Waals surface area contributed by atoms with Crippen molar-refractivity contribution in [2.45, 2.75) is 0 Å². The number of hydrogen-bond donors (Lipinski definition) is 0. The fourth-order valence-electron chi connectivity index (χ4n) is 6.04. The predicted octanol–water partition coefficient (Wildman–Crippen LogP) is 11.2. The summed E-state index contributed by atoms with van der Waals surface area (Å²) in [6.07, 6.45) is 0. The molecule has 0 aliphatic rings. The Hall–Kier alpha value is -6.49. The van der Waals surface area contributed by atoms with Crippen molar-refractivity contribution in [2.75, 3.05) is 4.90 Å². The summed E-state index contributed by atoms with van der Waals surface area (Å²) in [5, 5.41) is 21.4. The molecule has 0 spiro atoms. The Morgan fingerprint density at radius 2 is 1.04 bits per heavy atom. The van der Waals surface area contributed by atoms with Gasteiger partial charge in [-0.1, -0.05) is 109 Å². The lowest BCUT2D eigenvalue weighted by Crippen LogP contribution is -2.10. The molecule has 0 amide bonds. The first-order valence-electron chi connectivity index (χ1n) is 14.9. The number of nitrogens with zero attached hydrogens (tertiary/aromatic N) is 3. The van der Waals surface area contributed by atoms with Gasteiger partial charge in [-0.2, -0.15) is 10.5 Å². The van der Waals surface area contributed by atoms with Crippen LogP contribution in [-0.2, 0) is 0 Å². The molecule has 0 aliphatic heterocycles. The van der Waals surface area contributed by atoms with Gasteiger partial charge in [0.15, 0.2) is 0 Å². The van der Waals surface area contributed by atoms with Crippen LogP contribution in [0.1, 0.15) is 11.1 Å². The Kier molecular flexibility index (Phi) is 7.53. The molecule has 0 fully saturated rings. The van der Waals surface area contributed by atoms with Crippen LogP contribution in [0.4, 0.5) is 21.5 Å². The molecule has 0 saturated carbocycles. The van der Waals surface area contributed by atoms with E-state index in [-0.39, 0.29) is 5.82 Å². The molecule has 7 rings (SSSR count). The minimum Gasteiger partial charge on any atom is -0.310 e. The average Bonchev–Trinajstić information content (AvgIpc) is 3.12. The molecule has 0 unspecified atom stereocenters. The minimum absolute atomic E-state index is 0.257. The highest BCUT2D eigenvalue weighted by molar-refractivity contribution is 6.06. The molecule has 0 saturated heterocycles. The van der Waals surface area contributed by atoms with E-state index < -0.39 is 0 Å². The van der Waals surface area contributed by atoms with Crippen LogP contribution < -0.4 is 4.90 Å². The van der Waals surface area contributed by atoms with Gasteiger partial charge in [0.2, 0.25) is 0 Å². The van der Waals surface area contributed by atoms with Crippen molar-refractivity contribution in [3.8, 4) is 45.5 Å². The van der Waals surface area contributed by atoms with Crippen LogP contribution >= 0.6 is 0 Å². The summed E-state index contributed by atoms with van der Waals surface area (Å²) in [5.41, 5.74) is 8.78. The predicted molar refractivity (Wildman–Crippen MR) is 184 cm³/mol. The SMILES string of the molecule is N#Cc1ccc(N(c2ccc(-c3cccc4cccc(-c5ccccc5F)c34)cc2)c2cccc(-c3ccccc3)c2)cc1C#N. The van der Waals surface area contributed by atoms with Crippen molar-refractivity contribution in [1.29, 1.82) is 10.5 Å². The summed E-state index contributed by atoms with van der Waals surface area (Å²) in [6, 6.07) is 55.3. The molecule has 46 heavy (non-hydrogen) atoms. The topological polar surface area (TPSA) is 50.8 Å². The van der Waals surface area contributed by atoms with Crippen LogP contribution in [0.5, 0.6) is 0 Å². The second kappa shape index (κ2) is 12.2. The van der Waals surface area contributed by atoms with Crippen LogP contribution in [-0.4, -0.2) is 0 Å². The number of halogens is 1. The second-order valence-corrected chi connectivity index (χ2v) is 10.9. The maximum Gasteiger partial charge on any atom is 0.131 e. The summed E-state index contributed by atoms with van der Waals surface area (Å²) in [7, 11) is 0. The van der Waals surface area contributed by atoms with E-state index in [4.69, 9.17) is 0 Å². The summed E-state index contributed by atoms with van der Waals surface area (Å²) in [6.45, 7) is 0. The first kappa shape index (κ1) is 28.3. The largest absolute Gasteiger partial charge is 0.310 e. The van der Waals surface area contributed by atoms with E-state index in [9.17, 15) is 14.9 Å². The van der Waals surface area contributed by atoms with Gasteiger partial charge < -0.3 is 4.90 Å². The first-order valence-corrected chi connectivity index (χ1v) is 14.9. The molecule has 3 nitrogen and oxygen atoms in total. The highest BCUT2D eigenvalue weighted by Crippen LogP contribution is 2.41. The lowest BCUT2D eigenvalue weighted by molar-refractivity contribution is 0.631. The highest BCUT2D eigenvalue weighted by atomic mass is 19.1. The molecule has 0 N–H and O–H groups in total. The molecular weight excluding hydrogens is 565 g/mol. The Labute approximate surface area is 267 Å². The maximum absolute atomic E-state index is 15.0. The zero-order valence-corrected chi connectivity index (χ0v) is 24.7. The number of benzene rings is 7. The third-order valence-corrected chi connectivity index (χ3v) is 8.22. The van der Waals surface area contributed by atoms with E-state index in [0.717, 1.165) is 55.7 Å². The molecule has 0 radical (unpaired) electrons. The zero-order valence-electron chi connectivity index (χ0n) is 24.7. The molecule has 0 heterocycles. The van der Waals surface area contributed by atoms with Gasteiger partial charge in [0, 0.05) is 22.6 Å². The fraction of sp³-hybridized carbons (Fsp3) is 0. The Morgan fingerprint density at radius 3 is 1.78 bits per heavy atom. The van der Waals surface area contributed by atoms with E-state index in [1.54, 1.807) is 18.2 Å². The summed E-state index contributed by atoms with van der Waals surface area (Å²) in [5.74, 6) is -0.257.